The van der Waals surface area contributed by atoms with Gasteiger partial charge in [0.25, 0.3) is 0 Å². The molecular weight excluding hydrogens is 293 g/mol. The zero-order valence-electron chi connectivity index (χ0n) is 12.0. The lowest BCUT2D eigenvalue weighted by Crippen LogP contribution is -2.48. The summed E-state index contributed by atoms with van der Waals surface area (Å²) in [6.07, 6.45) is -0.174. The first kappa shape index (κ1) is 16.2. The summed E-state index contributed by atoms with van der Waals surface area (Å²) >= 11 is 0. The number of rotatable bonds is 6. The van der Waals surface area contributed by atoms with E-state index in [0.717, 1.165) is 0 Å². The van der Waals surface area contributed by atoms with Crippen molar-refractivity contribution in [2.45, 2.75) is 18.9 Å². The quantitative estimate of drug-likeness (QED) is 0.801. The zero-order valence-corrected chi connectivity index (χ0v) is 12.0. The molecule has 1 atom stereocenters. The van der Waals surface area contributed by atoms with Crippen molar-refractivity contribution in [1.29, 1.82) is 0 Å². The summed E-state index contributed by atoms with van der Waals surface area (Å²) in [6.45, 7) is 1.05. The number of ether oxygens (including phenoxy) is 2. The van der Waals surface area contributed by atoms with E-state index in [1.165, 1.54) is 29.2 Å². The van der Waals surface area contributed by atoms with Crippen molar-refractivity contribution in [2.75, 3.05) is 26.3 Å². The number of benzene rings is 1. The van der Waals surface area contributed by atoms with E-state index in [-0.39, 0.29) is 31.3 Å². The molecule has 120 valence electrons. The first-order valence-electron chi connectivity index (χ1n) is 7.07. The van der Waals surface area contributed by atoms with Gasteiger partial charge in [0.15, 0.2) is 6.10 Å². The number of carbonyl (C=O) groups excluding carboxylic acids is 1. The minimum absolute atomic E-state index is 0.0764. The maximum Gasteiger partial charge on any atom is 0.334 e. The Labute approximate surface area is 127 Å². The molecule has 1 fully saturated rings. The Balaban J connectivity index is 1.69. The van der Waals surface area contributed by atoms with Gasteiger partial charge in [-0.3, -0.25) is 4.79 Å². The average Bonchev–Trinajstić information content (AvgIpc) is 2.53. The number of hydrogen-bond donors (Lipinski definition) is 1. The Kier molecular flexibility index (Phi) is 5.71. The molecule has 0 bridgehead atoms. The second-order valence-corrected chi connectivity index (χ2v) is 4.94. The van der Waals surface area contributed by atoms with Gasteiger partial charge in [0.05, 0.1) is 19.8 Å². The minimum atomic E-state index is -1.06. The molecule has 0 aromatic heterocycles. The van der Waals surface area contributed by atoms with Crippen LogP contribution in [-0.2, 0) is 14.3 Å². The van der Waals surface area contributed by atoms with Crippen LogP contribution < -0.4 is 4.74 Å². The molecule has 0 spiro atoms. The largest absolute Gasteiger partial charge is 0.494 e. The lowest BCUT2D eigenvalue weighted by Gasteiger charge is -2.30. The molecule has 0 aliphatic carbocycles. The summed E-state index contributed by atoms with van der Waals surface area (Å²) in [5, 5.41) is 8.89. The molecule has 1 aliphatic rings. The van der Waals surface area contributed by atoms with Crippen LogP contribution in [0.3, 0.4) is 0 Å². The van der Waals surface area contributed by atoms with E-state index in [4.69, 9.17) is 14.6 Å². The van der Waals surface area contributed by atoms with Crippen LogP contribution in [0.1, 0.15) is 12.8 Å². The third-order valence-corrected chi connectivity index (χ3v) is 3.31. The van der Waals surface area contributed by atoms with Gasteiger partial charge in [-0.25, -0.2) is 9.18 Å². The molecule has 1 aliphatic heterocycles. The van der Waals surface area contributed by atoms with Crippen LogP contribution >= 0.6 is 0 Å². The van der Waals surface area contributed by atoms with E-state index in [1.54, 1.807) is 0 Å². The summed E-state index contributed by atoms with van der Waals surface area (Å²) in [4.78, 5) is 24.3. The lowest BCUT2D eigenvalue weighted by molar-refractivity contribution is -0.159. The average molecular weight is 311 g/mol. The predicted octanol–water partition coefficient (Wildman–Crippen LogP) is 1.30. The van der Waals surface area contributed by atoms with Crippen molar-refractivity contribution < 1.29 is 28.6 Å². The van der Waals surface area contributed by atoms with Crippen LogP contribution in [0.2, 0.25) is 0 Å². The normalized spacial score (nSPS) is 18.0. The van der Waals surface area contributed by atoms with Gasteiger partial charge in [-0.15, -0.1) is 0 Å². The highest BCUT2D eigenvalue weighted by molar-refractivity contribution is 5.78. The van der Waals surface area contributed by atoms with Gasteiger partial charge < -0.3 is 19.5 Å². The number of morpholine rings is 1. The Morgan fingerprint density at radius 1 is 1.36 bits per heavy atom. The Hall–Kier alpha value is -2.15. The maximum absolute atomic E-state index is 12.7. The second-order valence-electron chi connectivity index (χ2n) is 4.94. The predicted molar refractivity (Wildman–Crippen MR) is 75.1 cm³/mol. The number of aliphatic carboxylic acids is 1. The zero-order chi connectivity index (χ0) is 15.9. The molecule has 22 heavy (non-hydrogen) atoms. The molecule has 0 radical (unpaired) electrons. The number of hydrogen-bond acceptors (Lipinski definition) is 4. The van der Waals surface area contributed by atoms with Crippen molar-refractivity contribution in [3.05, 3.63) is 30.1 Å². The van der Waals surface area contributed by atoms with Crippen LogP contribution in [0, 0.1) is 5.82 Å². The molecule has 1 aromatic rings. The van der Waals surface area contributed by atoms with Crippen LogP contribution in [0.5, 0.6) is 5.75 Å². The number of amides is 1. The number of nitrogens with zero attached hydrogens (tertiary/aromatic N) is 1. The van der Waals surface area contributed by atoms with Crippen LogP contribution in [-0.4, -0.2) is 54.3 Å². The Morgan fingerprint density at radius 3 is 2.77 bits per heavy atom. The van der Waals surface area contributed by atoms with Gasteiger partial charge in [-0.2, -0.15) is 0 Å². The SMILES string of the molecule is O=C(O)[C@H]1CN(C(=O)CCCOc2ccc(F)cc2)CCO1. The van der Waals surface area contributed by atoms with E-state index in [2.05, 4.69) is 0 Å². The highest BCUT2D eigenvalue weighted by Gasteiger charge is 2.28. The summed E-state index contributed by atoms with van der Waals surface area (Å²) in [5.74, 6) is -0.955. The monoisotopic (exact) mass is 311 g/mol. The molecule has 0 saturated carbocycles. The van der Waals surface area contributed by atoms with Crippen molar-refractivity contribution in [1.82, 2.24) is 4.90 Å². The lowest BCUT2D eigenvalue weighted by atomic mass is 10.2. The molecule has 1 N–H and O–H groups in total. The molecule has 0 unspecified atom stereocenters. The van der Waals surface area contributed by atoms with Gasteiger partial charge in [0, 0.05) is 13.0 Å². The molecule has 1 aromatic carbocycles. The first-order chi connectivity index (χ1) is 10.6. The van der Waals surface area contributed by atoms with Gasteiger partial charge in [0.1, 0.15) is 11.6 Å². The van der Waals surface area contributed by atoms with E-state index < -0.39 is 12.1 Å². The van der Waals surface area contributed by atoms with Crippen LogP contribution in [0.4, 0.5) is 4.39 Å². The molecule has 1 amide bonds. The van der Waals surface area contributed by atoms with E-state index in [9.17, 15) is 14.0 Å². The van der Waals surface area contributed by atoms with Crippen LogP contribution in [0.25, 0.3) is 0 Å². The highest BCUT2D eigenvalue weighted by atomic mass is 19.1. The molecule has 1 heterocycles. The van der Waals surface area contributed by atoms with Crippen molar-refractivity contribution in [3.63, 3.8) is 0 Å². The van der Waals surface area contributed by atoms with Gasteiger partial charge in [-0.05, 0) is 30.7 Å². The fourth-order valence-electron chi connectivity index (χ4n) is 2.13. The fraction of sp³-hybridized carbons (Fsp3) is 0.467. The number of carbonyl (C=O) groups is 2. The Bertz CT molecular complexity index is 519. The molecule has 6 nitrogen and oxygen atoms in total. The summed E-state index contributed by atoms with van der Waals surface area (Å²) < 4.78 is 23.2. The van der Waals surface area contributed by atoms with Crippen molar-refractivity contribution >= 4 is 11.9 Å². The van der Waals surface area contributed by atoms with Gasteiger partial charge in [0.2, 0.25) is 5.91 Å². The number of carboxylic acid groups (broad SMARTS) is 1. The third kappa shape index (κ3) is 4.70. The smallest absolute Gasteiger partial charge is 0.334 e. The molecule has 2 rings (SSSR count). The summed E-state index contributed by atoms with van der Waals surface area (Å²) in [7, 11) is 0. The number of halogens is 1. The minimum Gasteiger partial charge on any atom is -0.494 e. The maximum atomic E-state index is 12.7. The summed E-state index contributed by atoms with van der Waals surface area (Å²) in [5.41, 5.74) is 0. The Morgan fingerprint density at radius 2 is 2.09 bits per heavy atom. The fourth-order valence-corrected chi connectivity index (χ4v) is 2.13. The third-order valence-electron chi connectivity index (χ3n) is 3.31. The topological polar surface area (TPSA) is 76.1 Å². The van der Waals surface area contributed by atoms with E-state index >= 15 is 0 Å². The van der Waals surface area contributed by atoms with Crippen molar-refractivity contribution in [2.24, 2.45) is 0 Å². The number of carboxylic acids is 1. The standard InChI is InChI=1S/C15H18FNO5/c16-11-3-5-12(6-4-11)21-8-1-2-14(18)17-7-9-22-13(10-17)15(19)20/h3-6,13H,1-2,7-10H2,(H,19,20)/t13-/m1/s1. The second kappa shape index (κ2) is 7.74. The van der Waals surface area contributed by atoms with Crippen LogP contribution in [0.15, 0.2) is 24.3 Å². The molecular formula is C15H18FNO5. The molecule has 7 heteroatoms. The van der Waals surface area contributed by atoms with Gasteiger partial charge >= 0.3 is 5.97 Å². The summed E-state index contributed by atoms with van der Waals surface area (Å²) in [6, 6.07) is 5.66. The van der Waals surface area contributed by atoms with Gasteiger partial charge in [-0.1, -0.05) is 0 Å². The van der Waals surface area contributed by atoms with E-state index in [0.29, 0.717) is 25.3 Å². The first-order valence-corrected chi connectivity index (χ1v) is 7.07. The molecule has 1 saturated heterocycles. The van der Waals surface area contributed by atoms with E-state index in [1.807, 2.05) is 0 Å². The highest BCUT2D eigenvalue weighted by Crippen LogP contribution is 2.12. The van der Waals surface area contributed by atoms with Crippen molar-refractivity contribution in [3.8, 4) is 5.75 Å².